The van der Waals surface area contributed by atoms with Crippen LogP contribution in [0.25, 0.3) is 0 Å². The van der Waals surface area contributed by atoms with Crippen LogP contribution in [-0.2, 0) is 4.79 Å². The summed E-state index contributed by atoms with van der Waals surface area (Å²) in [4.78, 5) is 13.9. The third-order valence-corrected chi connectivity index (χ3v) is 3.72. The van der Waals surface area contributed by atoms with Gasteiger partial charge in [0.25, 0.3) is 0 Å². The number of primary amides is 1. The van der Waals surface area contributed by atoms with E-state index in [1.165, 1.54) is 25.7 Å². The third-order valence-electron chi connectivity index (χ3n) is 3.72. The molecule has 1 rings (SSSR count). The Bertz CT molecular complexity index is 225. The van der Waals surface area contributed by atoms with Crippen molar-refractivity contribution in [3.8, 4) is 0 Å². The zero-order valence-electron chi connectivity index (χ0n) is 11.8. The fraction of sp³-hybridized carbons (Fsp3) is 0.929. The normalized spacial score (nSPS) is 19.4. The molecule has 0 aliphatic carbocycles. The van der Waals surface area contributed by atoms with Crippen LogP contribution in [0.2, 0.25) is 0 Å². The first-order valence-electron chi connectivity index (χ1n) is 7.49. The van der Waals surface area contributed by atoms with Crippen LogP contribution in [0, 0.1) is 0 Å². The number of rotatable bonds is 8. The second kappa shape index (κ2) is 9.34. The van der Waals surface area contributed by atoms with E-state index in [0.29, 0.717) is 0 Å². The summed E-state index contributed by atoms with van der Waals surface area (Å²) in [6.45, 7) is 6.19. The van der Waals surface area contributed by atoms with Gasteiger partial charge < -0.3 is 11.1 Å². The number of nitrogens with one attached hydrogen (secondary N) is 1. The Morgan fingerprint density at radius 1 is 1.22 bits per heavy atom. The van der Waals surface area contributed by atoms with Gasteiger partial charge in [-0.05, 0) is 19.4 Å². The van der Waals surface area contributed by atoms with Gasteiger partial charge in [0.15, 0.2) is 0 Å². The van der Waals surface area contributed by atoms with Gasteiger partial charge in [0.05, 0.1) is 6.04 Å². The van der Waals surface area contributed by atoms with Gasteiger partial charge in [0, 0.05) is 19.6 Å². The lowest BCUT2D eigenvalue weighted by Crippen LogP contribution is -2.46. The van der Waals surface area contributed by atoms with Crippen LogP contribution in [0.1, 0.15) is 51.9 Å². The van der Waals surface area contributed by atoms with Crippen LogP contribution >= 0.6 is 0 Å². The molecule has 106 valence electrons. The molecule has 3 N–H and O–H groups in total. The van der Waals surface area contributed by atoms with Crippen molar-refractivity contribution in [3.63, 3.8) is 0 Å². The van der Waals surface area contributed by atoms with Crippen molar-refractivity contribution in [2.24, 2.45) is 5.73 Å². The molecule has 1 saturated heterocycles. The molecule has 1 unspecified atom stereocenters. The molecular formula is C14H29N3O. The van der Waals surface area contributed by atoms with Crippen molar-refractivity contribution in [1.29, 1.82) is 0 Å². The Balaban J connectivity index is 2.31. The molecule has 1 amide bonds. The lowest BCUT2D eigenvalue weighted by molar-refractivity contribution is -0.123. The van der Waals surface area contributed by atoms with Crippen molar-refractivity contribution in [1.82, 2.24) is 10.2 Å². The molecule has 1 atom stereocenters. The Labute approximate surface area is 111 Å². The first-order valence-corrected chi connectivity index (χ1v) is 7.49. The zero-order chi connectivity index (χ0) is 13.2. The predicted molar refractivity (Wildman–Crippen MR) is 75.4 cm³/mol. The number of nitrogens with zero attached hydrogens (tertiary/aromatic N) is 1. The van der Waals surface area contributed by atoms with E-state index < -0.39 is 0 Å². The summed E-state index contributed by atoms with van der Waals surface area (Å²) in [6.07, 6.45) is 8.23. The fourth-order valence-electron chi connectivity index (χ4n) is 2.62. The summed E-state index contributed by atoms with van der Waals surface area (Å²) in [7, 11) is 0. The average Bonchev–Trinajstić information content (AvgIpc) is 2.62. The van der Waals surface area contributed by atoms with Crippen LogP contribution in [0.4, 0.5) is 0 Å². The Kier molecular flexibility index (Phi) is 8.01. The van der Waals surface area contributed by atoms with Gasteiger partial charge >= 0.3 is 0 Å². The maximum atomic E-state index is 11.6. The molecule has 4 heteroatoms. The molecule has 1 fully saturated rings. The Hall–Kier alpha value is -0.610. The van der Waals surface area contributed by atoms with E-state index in [-0.39, 0.29) is 11.9 Å². The first-order chi connectivity index (χ1) is 8.75. The number of amides is 1. The minimum atomic E-state index is -0.146. The largest absolute Gasteiger partial charge is 0.368 e. The topological polar surface area (TPSA) is 58.4 Å². The molecule has 1 aliphatic heterocycles. The van der Waals surface area contributed by atoms with Crippen LogP contribution in [0.3, 0.4) is 0 Å². The predicted octanol–water partition coefficient (Wildman–Crippen LogP) is 1.50. The standard InChI is InChI=1S/C14H29N3O/c1-2-3-4-5-6-8-13(14(15)18)17-11-7-9-16-10-12-17/h13,16H,2-12H2,1H3,(H2,15,18). The summed E-state index contributed by atoms with van der Waals surface area (Å²) in [5.41, 5.74) is 5.56. The van der Waals surface area contributed by atoms with E-state index in [1.807, 2.05) is 0 Å². The highest BCUT2D eigenvalue weighted by atomic mass is 16.1. The summed E-state index contributed by atoms with van der Waals surface area (Å²) in [6, 6.07) is -0.0495. The molecule has 18 heavy (non-hydrogen) atoms. The second-order valence-electron chi connectivity index (χ2n) is 5.26. The second-order valence-corrected chi connectivity index (χ2v) is 5.26. The van der Waals surface area contributed by atoms with Crippen LogP contribution < -0.4 is 11.1 Å². The highest BCUT2D eigenvalue weighted by Crippen LogP contribution is 2.12. The van der Waals surface area contributed by atoms with E-state index in [9.17, 15) is 4.79 Å². The minimum Gasteiger partial charge on any atom is -0.368 e. The van der Waals surface area contributed by atoms with Gasteiger partial charge in [0.1, 0.15) is 0 Å². The molecule has 0 bridgehead atoms. The summed E-state index contributed by atoms with van der Waals surface area (Å²) in [5.74, 6) is -0.146. The highest BCUT2D eigenvalue weighted by molar-refractivity contribution is 5.79. The molecular weight excluding hydrogens is 226 g/mol. The SMILES string of the molecule is CCCCCCCC(C(N)=O)N1CCCNCC1. The number of hydrogen-bond donors (Lipinski definition) is 2. The lowest BCUT2D eigenvalue weighted by atomic mass is 10.0. The quantitative estimate of drug-likeness (QED) is 0.646. The van der Waals surface area contributed by atoms with E-state index in [4.69, 9.17) is 5.73 Å². The van der Waals surface area contributed by atoms with Crippen LogP contribution in [0.15, 0.2) is 0 Å². The molecule has 1 aliphatic rings. The van der Waals surface area contributed by atoms with Crippen molar-refractivity contribution in [2.75, 3.05) is 26.2 Å². The summed E-state index contributed by atoms with van der Waals surface area (Å²) in [5, 5.41) is 3.36. The monoisotopic (exact) mass is 255 g/mol. The van der Waals surface area contributed by atoms with Crippen molar-refractivity contribution in [2.45, 2.75) is 57.9 Å². The van der Waals surface area contributed by atoms with Crippen molar-refractivity contribution in [3.05, 3.63) is 0 Å². The molecule has 0 saturated carbocycles. The molecule has 0 aromatic rings. The minimum absolute atomic E-state index is 0.0495. The fourth-order valence-corrected chi connectivity index (χ4v) is 2.62. The number of carbonyl (C=O) groups excluding carboxylic acids is 1. The van der Waals surface area contributed by atoms with Gasteiger partial charge in [-0.15, -0.1) is 0 Å². The van der Waals surface area contributed by atoms with E-state index in [1.54, 1.807) is 0 Å². The van der Waals surface area contributed by atoms with Crippen LogP contribution in [-0.4, -0.2) is 43.0 Å². The van der Waals surface area contributed by atoms with E-state index in [2.05, 4.69) is 17.1 Å². The molecule has 0 spiro atoms. The maximum Gasteiger partial charge on any atom is 0.234 e. The Morgan fingerprint density at radius 3 is 2.72 bits per heavy atom. The number of nitrogens with two attached hydrogens (primary N) is 1. The van der Waals surface area contributed by atoms with Gasteiger partial charge in [-0.2, -0.15) is 0 Å². The zero-order valence-corrected chi connectivity index (χ0v) is 11.8. The first kappa shape index (κ1) is 15.4. The lowest BCUT2D eigenvalue weighted by Gasteiger charge is -2.27. The van der Waals surface area contributed by atoms with Crippen molar-refractivity contribution < 1.29 is 4.79 Å². The highest BCUT2D eigenvalue weighted by Gasteiger charge is 2.23. The molecule has 4 nitrogen and oxygen atoms in total. The van der Waals surface area contributed by atoms with Gasteiger partial charge in [-0.1, -0.05) is 39.0 Å². The number of carbonyl (C=O) groups is 1. The summed E-state index contributed by atoms with van der Waals surface area (Å²) >= 11 is 0. The third kappa shape index (κ3) is 5.83. The van der Waals surface area contributed by atoms with Crippen LogP contribution in [0.5, 0.6) is 0 Å². The van der Waals surface area contributed by atoms with E-state index >= 15 is 0 Å². The Morgan fingerprint density at radius 2 is 2.00 bits per heavy atom. The average molecular weight is 255 g/mol. The van der Waals surface area contributed by atoms with Gasteiger partial charge in [0.2, 0.25) is 5.91 Å². The van der Waals surface area contributed by atoms with Crippen molar-refractivity contribution >= 4 is 5.91 Å². The molecule has 0 aromatic heterocycles. The number of hydrogen-bond acceptors (Lipinski definition) is 3. The van der Waals surface area contributed by atoms with E-state index in [0.717, 1.165) is 45.4 Å². The van der Waals surface area contributed by atoms with Gasteiger partial charge in [-0.25, -0.2) is 0 Å². The van der Waals surface area contributed by atoms with Gasteiger partial charge in [-0.3, -0.25) is 9.69 Å². The molecule has 0 aromatic carbocycles. The summed E-state index contributed by atoms with van der Waals surface area (Å²) < 4.78 is 0. The maximum absolute atomic E-state index is 11.6. The molecule has 1 heterocycles. The number of unbranched alkanes of at least 4 members (excludes halogenated alkanes) is 4. The molecule has 0 radical (unpaired) electrons. The smallest absolute Gasteiger partial charge is 0.234 e.